The molecule has 0 saturated heterocycles. The minimum absolute atomic E-state index is 0.271. The summed E-state index contributed by atoms with van der Waals surface area (Å²) in [6.07, 6.45) is 4.37. The van der Waals surface area contributed by atoms with Crippen molar-refractivity contribution in [1.82, 2.24) is 25.1 Å². The first-order chi connectivity index (χ1) is 15.8. The minimum atomic E-state index is -0.492. The van der Waals surface area contributed by atoms with E-state index in [1.165, 1.54) is 5.57 Å². The van der Waals surface area contributed by atoms with E-state index in [2.05, 4.69) is 43.7 Å². The van der Waals surface area contributed by atoms with Gasteiger partial charge in [-0.05, 0) is 70.0 Å². The molecule has 0 aliphatic carbocycles. The number of rotatable bonds is 3. The van der Waals surface area contributed by atoms with Crippen LogP contribution in [-0.2, 0) is 4.74 Å². The lowest BCUT2D eigenvalue weighted by molar-refractivity contribution is 0.0270. The molecule has 4 heterocycles. The van der Waals surface area contributed by atoms with Crippen molar-refractivity contribution in [3.63, 3.8) is 0 Å². The van der Waals surface area contributed by atoms with Gasteiger partial charge < -0.3 is 19.9 Å². The SMILES string of the molecule is Cc1[nH]nc2ccc(Nc3ccnc4[nH]c(C5=CCN(C(=O)OC(C)(C)C)CC5)cc34)cc12. The summed E-state index contributed by atoms with van der Waals surface area (Å²) in [4.78, 5) is 22.0. The number of hydrogen-bond donors (Lipinski definition) is 3. The van der Waals surface area contributed by atoms with Crippen LogP contribution in [-0.4, -0.2) is 49.8 Å². The maximum atomic E-state index is 12.3. The van der Waals surface area contributed by atoms with Crippen LogP contribution in [0.1, 0.15) is 38.6 Å². The van der Waals surface area contributed by atoms with Crippen LogP contribution in [0.25, 0.3) is 27.5 Å². The Bertz CT molecular complexity index is 1370. The summed E-state index contributed by atoms with van der Waals surface area (Å²) in [6, 6.07) is 10.2. The smallest absolute Gasteiger partial charge is 0.410 e. The summed E-state index contributed by atoms with van der Waals surface area (Å²) in [5.74, 6) is 0. The lowest BCUT2D eigenvalue weighted by atomic mass is 10.0. The lowest BCUT2D eigenvalue weighted by Gasteiger charge is -2.29. The number of aromatic nitrogens is 4. The van der Waals surface area contributed by atoms with Crippen molar-refractivity contribution in [3.8, 4) is 0 Å². The molecule has 0 saturated carbocycles. The van der Waals surface area contributed by atoms with Gasteiger partial charge in [-0.3, -0.25) is 5.10 Å². The van der Waals surface area contributed by atoms with Gasteiger partial charge in [-0.25, -0.2) is 9.78 Å². The topological polar surface area (TPSA) is 98.9 Å². The highest BCUT2D eigenvalue weighted by molar-refractivity contribution is 5.95. The summed E-state index contributed by atoms with van der Waals surface area (Å²) in [5, 5.41) is 13.0. The fraction of sp³-hybridized carbons (Fsp3) is 0.320. The molecule has 170 valence electrons. The highest BCUT2D eigenvalue weighted by atomic mass is 16.6. The van der Waals surface area contributed by atoms with Gasteiger partial charge in [0.25, 0.3) is 0 Å². The van der Waals surface area contributed by atoms with E-state index >= 15 is 0 Å². The van der Waals surface area contributed by atoms with Gasteiger partial charge in [-0.15, -0.1) is 0 Å². The third-order valence-corrected chi connectivity index (χ3v) is 5.76. The number of aryl methyl sites for hydroxylation is 1. The van der Waals surface area contributed by atoms with Gasteiger partial charge >= 0.3 is 6.09 Å². The van der Waals surface area contributed by atoms with Crippen molar-refractivity contribution >= 4 is 45.0 Å². The van der Waals surface area contributed by atoms with Crippen LogP contribution in [0.15, 0.2) is 42.6 Å². The van der Waals surface area contributed by atoms with Gasteiger partial charge in [0.05, 0.1) is 11.2 Å². The Morgan fingerprint density at radius 1 is 1.18 bits per heavy atom. The molecule has 5 rings (SSSR count). The molecule has 0 bridgehead atoms. The molecule has 1 aromatic carbocycles. The first kappa shape index (κ1) is 21.1. The molecular weight excluding hydrogens is 416 g/mol. The third-order valence-electron chi connectivity index (χ3n) is 5.76. The molecule has 4 aromatic rings. The van der Waals surface area contributed by atoms with Crippen LogP contribution in [0.2, 0.25) is 0 Å². The second-order valence-electron chi connectivity index (χ2n) is 9.42. The van der Waals surface area contributed by atoms with E-state index in [-0.39, 0.29) is 6.09 Å². The van der Waals surface area contributed by atoms with Gasteiger partial charge in [-0.1, -0.05) is 6.08 Å². The van der Waals surface area contributed by atoms with Crippen LogP contribution >= 0.6 is 0 Å². The minimum Gasteiger partial charge on any atom is -0.444 e. The van der Waals surface area contributed by atoms with Crippen LogP contribution in [0, 0.1) is 6.92 Å². The first-order valence-electron chi connectivity index (χ1n) is 11.1. The maximum absolute atomic E-state index is 12.3. The number of anilines is 2. The highest BCUT2D eigenvalue weighted by Gasteiger charge is 2.24. The molecule has 1 amide bonds. The number of fused-ring (bicyclic) bond motifs is 2. The summed E-state index contributed by atoms with van der Waals surface area (Å²) in [5.41, 5.74) is 6.50. The molecule has 3 N–H and O–H groups in total. The van der Waals surface area contributed by atoms with Gasteiger partial charge in [0.2, 0.25) is 0 Å². The van der Waals surface area contributed by atoms with Crippen molar-refractivity contribution in [2.75, 3.05) is 18.4 Å². The molecule has 0 fully saturated rings. The largest absolute Gasteiger partial charge is 0.444 e. The number of ether oxygens (including phenoxy) is 1. The van der Waals surface area contributed by atoms with Crippen LogP contribution in [0.3, 0.4) is 0 Å². The average molecular weight is 445 g/mol. The number of amides is 1. The van der Waals surface area contributed by atoms with E-state index in [9.17, 15) is 4.79 Å². The Hall–Kier alpha value is -3.81. The van der Waals surface area contributed by atoms with Gasteiger partial charge in [0.1, 0.15) is 11.2 Å². The highest BCUT2D eigenvalue weighted by Crippen LogP contribution is 2.31. The number of hydrogen-bond acceptors (Lipinski definition) is 5. The summed E-state index contributed by atoms with van der Waals surface area (Å²) >= 11 is 0. The number of pyridine rings is 1. The standard InChI is InChI=1S/C25H28N6O2/c1-15-18-13-17(5-6-21(18)30-29-15)27-20-7-10-26-23-19(20)14-22(28-23)16-8-11-31(12-9-16)24(32)33-25(2,3)4/h5-8,10,13-14H,9,11-12H2,1-4H3,(H,29,30)(H2,26,27,28). The first-order valence-corrected chi connectivity index (χ1v) is 11.1. The number of H-pyrrole nitrogens is 2. The Labute approximate surface area is 192 Å². The molecular formula is C25H28N6O2. The van der Waals surface area contributed by atoms with Crippen LogP contribution < -0.4 is 5.32 Å². The predicted molar refractivity (Wildman–Crippen MR) is 131 cm³/mol. The van der Waals surface area contributed by atoms with Crippen LogP contribution in [0.4, 0.5) is 16.2 Å². The quantitative estimate of drug-likeness (QED) is 0.387. The maximum Gasteiger partial charge on any atom is 0.410 e. The van der Waals surface area contributed by atoms with E-state index in [4.69, 9.17) is 4.74 Å². The fourth-order valence-electron chi connectivity index (χ4n) is 4.09. The molecule has 8 nitrogen and oxygen atoms in total. The van der Waals surface area contributed by atoms with Gasteiger partial charge in [-0.2, -0.15) is 5.10 Å². The molecule has 33 heavy (non-hydrogen) atoms. The van der Waals surface area contributed by atoms with Crippen molar-refractivity contribution in [3.05, 3.63) is 54.0 Å². The number of benzene rings is 1. The molecule has 0 unspecified atom stereocenters. The summed E-state index contributed by atoms with van der Waals surface area (Å²) in [7, 11) is 0. The monoisotopic (exact) mass is 444 g/mol. The van der Waals surface area contributed by atoms with Gasteiger partial charge in [0.15, 0.2) is 0 Å². The van der Waals surface area contributed by atoms with Crippen molar-refractivity contribution in [2.45, 2.75) is 39.7 Å². The fourth-order valence-corrected chi connectivity index (χ4v) is 4.09. The lowest BCUT2D eigenvalue weighted by Crippen LogP contribution is -2.39. The third kappa shape index (κ3) is 4.28. The van der Waals surface area contributed by atoms with Crippen LogP contribution in [0.5, 0.6) is 0 Å². The van der Waals surface area contributed by atoms with E-state index in [1.807, 2.05) is 45.9 Å². The molecule has 1 aliphatic rings. The number of nitrogens with zero attached hydrogens (tertiary/aromatic N) is 3. The Morgan fingerprint density at radius 3 is 2.79 bits per heavy atom. The van der Waals surface area contributed by atoms with E-state index < -0.39 is 5.60 Å². The number of carbonyl (C=O) groups excluding carboxylic acids is 1. The zero-order valence-electron chi connectivity index (χ0n) is 19.3. The molecule has 0 spiro atoms. The zero-order valence-corrected chi connectivity index (χ0v) is 19.3. The Morgan fingerprint density at radius 2 is 2.03 bits per heavy atom. The number of aromatic amines is 2. The number of nitrogens with one attached hydrogen (secondary N) is 3. The Balaban J connectivity index is 1.37. The second-order valence-corrected chi connectivity index (χ2v) is 9.42. The molecule has 3 aromatic heterocycles. The van der Waals surface area contributed by atoms with E-state index in [1.54, 1.807) is 11.1 Å². The zero-order chi connectivity index (χ0) is 23.2. The molecule has 8 heteroatoms. The number of carbonyl (C=O) groups is 1. The molecule has 0 radical (unpaired) electrons. The molecule has 1 aliphatic heterocycles. The van der Waals surface area contributed by atoms with Crippen molar-refractivity contribution in [2.24, 2.45) is 0 Å². The van der Waals surface area contributed by atoms with Crippen molar-refractivity contribution < 1.29 is 9.53 Å². The molecule has 0 atom stereocenters. The summed E-state index contributed by atoms with van der Waals surface area (Å²) < 4.78 is 5.49. The predicted octanol–water partition coefficient (Wildman–Crippen LogP) is 5.52. The average Bonchev–Trinajstić information content (AvgIpc) is 3.37. The summed E-state index contributed by atoms with van der Waals surface area (Å²) in [6.45, 7) is 8.82. The van der Waals surface area contributed by atoms with E-state index in [0.717, 1.165) is 51.1 Å². The van der Waals surface area contributed by atoms with Crippen molar-refractivity contribution in [1.29, 1.82) is 0 Å². The normalized spacial score (nSPS) is 14.5. The second kappa shape index (κ2) is 7.95. The van der Waals surface area contributed by atoms with Gasteiger partial charge in [0, 0.05) is 47.1 Å². The Kier molecular flexibility index (Phi) is 5.08. The van der Waals surface area contributed by atoms with E-state index in [0.29, 0.717) is 13.1 Å².